The number of aryl methyl sites for hydroxylation is 2. The number of aliphatic hydroxyl groups excluding tert-OH is 1. The normalized spacial score (nSPS) is 15.5. The predicted molar refractivity (Wildman–Crippen MR) is 115 cm³/mol. The van der Waals surface area contributed by atoms with Gasteiger partial charge in [0.25, 0.3) is 0 Å². The van der Waals surface area contributed by atoms with E-state index in [-0.39, 0.29) is 6.61 Å². The number of ether oxygens (including phenoxy) is 3. The Morgan fingerprint density at radius 1 is 0.935 bits per heavy atom. The molecular formula is C23H33NO7. The first kappa shape index (κ1) is 24.7. The molecule has 172 valence electrons. The highest BCUT2D eigenvalue weighted by molar-refractivity contribution is 5.90. The van der Waals surface area contributed by atoms with Crippen LogP contribution < -0.4 is 5.32 Å². The topological polar surface area (TPSA) is 111 Å². The van der Waals surface area contributed by atoms with Crippen molar-refractivity contribution in [3.05, 3.63) is 28.3 Å². The number of carbonyl (C=O) groups excluding carboxylic acids is 3. The predicted octanol–water partition coefficient (Wildman–Crippen LogP) is 3.09. The van der Waals surface area contributed by atoms with Crippen molar-refractivity contribution in [2.45, 2.75) is 78.4 Å². The number of aliphatic hydroxyl groups is 1. The Kier molecular flexibility index (Phi) is 9.30. The van der Waals surface area contributed by atoms with Crippen molar-refractivity contribution in [3.8, 4) is 0 Å². The van der Waals surface area contributed by atoms with Crippen molar-refractivity contribution < 1.29 is 33.7 Å². The zero-order valence-corrected chi connectivity index (χ0v) is 18.8. The largest absolute Gasteiger partial charge is 0.464 e. The lowest BCUT2D eigenvalue weighted by Gasteiger charge is -2.17. The van der Waals surface area contributed by atoms with Crippen LogP contribution in [0.2, 0.25) is 0 Å². The molecule has 0 fully saturated rings. The monoisotopic (exact) mass is 435 g/mol. The van der Waals surface area contributed by atoms with Crippen LogP contribution in [0.25, 0.3) is 0 Å². The molecule has 2 N–H and O–H groups in total. The lowest BCUT2D eigenvalue weighted by atomic mass is 9.99. The maximum Gasteiger partial charge on any atom is 0.412 e. The van der Waals surface area contributed by atoms with Gasteiger partial charge >= 0.3 is 18.0 Å². The van der Waals surface area contributed by atoms with Crippen LogP contribution >= 0.6 is 0 Å². The van der Waals surface area contributed by atoms with E-state index < -0.39 is 30.2 Å². The summed E-state index contributed by atoms with van der Waals surface area (Å²) in [6, 6.07) is 2.31. The standard InChI is InChI=1S/C18H23NO4.C5H10O3/c1-3-22-17(20)11(2)23-18(21)19-16-14-8-4-6-12(14)10-13-7-5-9-15(13)16;1-3-8-5(7)4(2)6/h10-11H,3-9H2,1-2H3,(H,19,21);4,6H,3H2,1-2H3/t11-;4-/m11/s1. The van der Waals surface area contributed by atoms with Crippen molar-refractivity contribution >= 4 is 23.7 Å². The van der Waals surface area contributed by atoms with Crippen molar-refractivity contribution in [1.82, 2.24) is 0 Å². The molecule has 0 saturated carbocycles. The van der Waals surface area contributed by atoms with Gasteiger partial charge in [-0.05, 0) is 88.5 Å². The van der Waals surface area contributed by atoms with Gasteiger partial charge in [0.15, 0.2) is 6.10 Å². The van der Waals surface area contributed by atoms with Gasteiger partial charge in [-0.15, -0.1) is 0 Å². The van der Waals surface area contributed by atoms with Crippen molar-refractivity contribution in [2.24, 2.45) is 0 Å². The Morgan fingerprint density at radius 2 is 1.45 bits per heavy atom. The number of rotatable bonds is 6. The lowest BCUT2D eigenvalue weighted by molar-refractivity contribution is -0.152. The molecule has 2 atom stereocenters. The second kappa shape index (κ2) is 11.7. The van der Waals surface area contributed by atoms with Gasteiger partial charge in [0, 0.05) is 0 Å². The smallest absolute Gasteiger partial charge is 0.412 e. The minimum absolute atomic E-state index is 0.272. The van der Waals surface area contributed by atoms with Gasteiger partial charge in [-0.25, -0.2) is 14.4 Å². The molecule has 31 heavy (non-hydrogen) atoms. The van der Waals surface area contributed by atoms with Crippen LogP contribution in [0.1, 0.15) is 62.8 Å². The number of hydrogen-bond acceptors (Lipinski definition) is 7. The van der Waals surface area contributed by atoms with Gasteiger partial charge in [0.05, 0.1) is 18.9 Å². The van der Waals surface area contributed by atoms with E-state index in [1.165, 1.54) is 36.1 Å². The zero-order chi connectivity index (χ0) is 23.0. The van der Waals surface area contributed by atoms with E-state index in [0.717, 1.165) is 44.2 Å². The number of hydrogen-bond donors (Lipinski definition) is 2. The Balaban J connectivity index is 0.000000366. The molecule has 8 nitrogen and oxygen atoms in total. The third kappa shape index (κ3) is 6.69. The van der Waals surface area contributed by atoms with Gasteiger partial charge in [0.1, 0.15) is 6.10 Å². The van der Waals surface area contributed by atoms with Gasteiger partial charge in [-0.2, -0.15) is 0 Å². The molecule has 0 aliphatic heterocycles. The summed E-state index contributed by atoms with van der Waals surface area (Å²) in [7, 11) is 0. The Hall–Kier alpha value is -2.61. The van der Waals surface area contributed by atoms with E-state index in [9.17, 15) is 14.4 Å². The van der Waals surface area contributed by atoms with Crippen LogP contribution in [0.4, 0.5) is 10.5 Å². The fourth-order valence-electron chi connectivity index (χ4n) is 3.83. The lowest BCUT2D eigenvalue weighted by Crippen LogP contribution is -2.29. The highest BCUT2D eigenvalue weighted by Crippen LogP contribution is 2.38. The maximum atomic E-state index is 12.2. The third-order valence-electron chi connectivity index (χ3n) is 5.23. The summed E-state index contributed by atoms with van der Waals surface area (Å²) < 4.78 is 14.4. The minimum Gasteiger partial charge on any atom is -0.464 e. The number of anilines is 1. The number of nitrogens with one attached hydrogen (secondary N) is 1. The molecule has 0 saturated heterocycles. The average molecular weight is 436 g/mol. The maximum absolute atomic E-state index is 12.2. The molecule has 1 aromatic rings. The highest BCUT2D eigenvalue weighted by Gasteiger charge is 2.26. The number of amides is 1. The summed E-state index contributed by atoms with van der Waals surface area (Å²) in [4.78, 5) is 34.0. The minimum atomic E-state index is -0.991. The summed E-state index contributed by atoms with van der Waals surface area (Å²) in [6.07, 6.45) is 3.91. The van der Waals surface area contributed by atoms with E-state index in [0.29, 0.717) is 6.61 Å². The summed E-state index contributed by atoms with van der Waals surface area (Å²) in [6.45, 7) is 6.91. The van der Waals surface area contributed by atoms with Crippen molar-refractivity contribution in [3.63, 3.8) is 0 Å². The van der Waals surface area contributed by atoms with Crippen LogP contribution in [-0.4, -0.2) is 48.6 Å². The number of carbonyl (C=O) groups is 3. The molecule has 0 radical (unpaired) electrons. The fraction of sp³-hybridized carbons (Fsp3) is 0.609. The van der Waals surface area contributed by atoms with Crippen LogP contribution in [0.5, 0.6) is 0 Å². The fourth-order valence-corrected chi connectivity index (χ4v) is 3.83. The second-order valence-corrected chi connectivity index (χ2v) is 7.59. The van der Waals surface area contributed by atoms with Crippen LogP contribution in [-0.2, 0) is 49.5 Å². The van der Waals surface area contributed by atoms with E-state index in [1.807, 2.05) is 0 Å². The van der Waals surface area contributed by atoms with Gasteiger partial charge < -0.3 is 19.3 Å². The molecule has 0 unspecified atom stereocenters. The van der Waals surface area contributed by atoms with Crippen molar-refractivity contribution in [2.75, 3.05) is 18.5 Å². The molecule has 3 rings (SSSR count). The first-order chi connectivity index (χ1) is 14.8. The Labute approximate surface area is 183 Å². The molecule has 2 aliphatic rings. The molecule has 0 bridgehead atoms. The van der Waals surface area contributed by atoms with Crippen LogP contribution in [0.15, 0.2) is 6.07 Å². The summed E-state index contributed by atoms with van der Waals surface area (Å²) >= 11 is 0. The molecular weight excluding hydrogens is 402 g/mol. The first-order valence-corrected chi connectivity index (χ1v) is 10.9. The van der Waals surface area contributed by atoms with Crippen molar-refractivity contribution in [1.29, 1.82) is 0 Å². The van der Waals surface area contributed by atoms with Crippen LogP contribution in [0.3, 0.4) is 0 Å². The summed E-state index contributed by atoms with van der Waals surface area (Å²) in [5, 5.41) is 11.4. The molecule has 8 heteroatoms. The summed E-state index contributed by atoms with van der Waals surface area (Å²) in [5.74, 6) is -1.08. The molecule has 0 aromatic heterocycles. The van der Waals surface area contributed by atoms with Crippen LogP contribution in [0, 0.1) is 0 Å². The number of esters is 2. The molecule has 0 spiro atoms. The van der Waals surface area contributed by atoms with Gasteiger partial charge in [0.2, 0.25) is 0 Å². The Bertz CT molecular complexity index is 771. The third-order valence-corrected chi connectivity index (χ3v) is 5.23. The summed E-state index contributed by atoms with van der Waals surface area (Å²) in [5.41, 5.74) is 6.10. The molecule has 0 heterocycles. The highest BCUT2D eigenvalue weighted by atomic mass is 16.6. The zero-order valence-electron chi connectivity index (χ0n) is 18.8. The molecule has 2 aliphatic carbocycles. The van der Waals surface area contributed by atoms with E-state index in [4.69, 9.17) is 14.6 Å². The second-order valence-electron chi connectivity index (χ2n) is 7.59. The average Bonchev–Trinajstić information content (AvgIpc) is 3.37. The molecule has 1 amide bonds. The van der Waals surface area contributed by atoms with Gasteiger partial charge in [-0.1, -0.05) is 6.07 Å². The van der Waals surface area contributed by atoms with E-state index in [2.05, 4.69) is 16.1 Å². The number of fused-ring (bicyclic) bond motifs is 2. The number of benzene rings is 1. The molecule has 1 aromatic carbocycles. The van der Waals surface area contributed by atoms with E-state index in [1.54, 1.807) is 13.8 Å². The SMILES string of the molecule is CCOC(=O)[C@@H](C)O.CCOC(=O)[C@@H](C)OC(=O)Nc1c2c(cc3c1CCC3)CCC2. The first-order valence-electron chi connectivity index (χ1n) is 10.9. The quantitative estimate of drug-likeness (QED) is 0.522. The Morgan fingerprint density at radius 3 is 1.90 bits per heavy atom. The van der Waals surface area contributed by atoms with E-state index >= 15 is 0 Å². The van der Waals surface area contributed by atoms with Gasteiger partial charge in [-0.3, -0.25) is 5.32 Å².